The van der Waals surface area contributed by atoms with Crippen LogP contribution in [0.25, 0.3) is 0 Å². The summed E-state index contributed by atoms with van der Waals surface area (Å²) < 4.78 is 16.9. The molecule has 152 valence electrons. The molecule has 2 aliphatic heterocycles. The van der Waals surface area contributed by atoms with E-state index in [1.807, 2.05) is 26.0 Å². The van der Waals surface area contributed by atoms with Crippen LogP contribution >= 0.6 is 0 Å². The highest BCUT2D eigenvalue weighted by molar-refractivity contribution is 6.07. The van der Waals surface area contributed by atoms with Crippen LogP contribution in [0.4, 0.5) is 4.79 Å². The first-order valence-electron chi connectivity index (χ1n) is 9.62. The molecule has 3 amide bonds. The molecule has 0 aromatic heterocycles. The summed E-state index contributed by atoms with van der Waals surface area (Å²) in [5.74, 6) is 1.63. The summed E-state index contributed by atoms with van der Waals surface area (Å²) in [4.78, 5) is 26.8. The molecule has 2 aromatic carbocycles. The van der Waals surface area contributed by atoms with Gasteiger partial charge in [-0.05, 0) is 61.7 Å². The van der Waals surface area contributed by atoms with Gasteiger partial charge in [0.2, 0.25) is 0 Å². The standard InChI is InChI=1S/C22H24N2O5/c1-14-10-15(2)12-17(11-14)27-7-6-24-20(25)22(3,23-21(24)26)16-4-5-18-19(13-16)29-9-8-28-18/h4-5,10-13H,6-9H2,1-3H3,(H,23,26). The predicted molar refractivity (Wildman–Crippen MR) is 106 cm³/mol. The number of nitrogens with one attached hydrogen (secondary N) is 1. The minimum atomic E-state index is -1.16. The molecule has 0 spiro atoms. The summed E-state index contributed by atoms with van der Waals surface area (Å²) in [6, 6.07) is 10.8. The number of nitrogens with zero attached hydrogens (tertiary/aromatic N) is 1. The van der Waals surface area contributed by atoms with Gasteiger partial charge < -0.3 is 19.5 Å². The van der Waals surface area contributed by atoms with Crippen molar-refractivity contribution in [2.75, 3.05) is 26.4 Å². The van der Waals surface area contributed by atoms with E-state index in [0.29, 0.717) is 30.3 Å². The fourth-order valence-electron chi connectivity index (χ4n) is 3.72. The van der Waals surface area contributed by atoms with Crippen LogP contribution in [0, 0.1) is 13.8 Å². The molecule has 4 rings (SSSR count). The zero-order valence-electron chi connectivity index (χ0n) is 16.8. The van der Waals surface area contributed by atoms with E-state index in [1.54, 1.807) is 25.1 Å². The van der Waals surface area contributed by atoms with Crippen LogP contribution in [0.5, 0.6) is 17.2 Å². The zero-order chi connectivity index (χ0) is 20.6. The second kappa shape index (κ2) is 7.31. The number of aryl methyl sites for hydroxylation is 2. The summed E-state index contributed by atoms with van der Waals surface area (Å²) in [5, 5.41) is 2.81. The molecule has 29 heavy (non-hydrogen) atoms. The lowest BCUT2D eigenvalue weighted by Crippen LogP contribution is -2.41. The minimum absolute atomic E-state index is 0.164. The lowest BCUT2D eigenvalue weighted by molar-refractivity contribution is -0.131. The van der Waals surface area contributed by atoms with E-state index in [0.717, 1.165) is 16.9 Å². The summed E-state index contributed by atoms with van der Waals surface area (Å²) in [7, 11) is 0. The Morgan fingerprint density at radius 1 is 1.03 bits per heavy atom. The third-order valence-corrected chi connectivity index (χ3v) is 5.17. The van der Waals surface area contributed by atoms with Crippen LogP contribution < -0.4 is 19.5 Å². The Morgan fingerprint density at radius 3 is 2.45 bits per heavy atom. The number of carbonyl (C=O) groups excluding carboxylic acids is 2. The number of urea groups is 1. The fraction of sp³-hybridized carbons (Fsp3) is 0.364. The number of carbonyl (C=O) groups is 2. The summed E-state index contributed by atoms with van der Waals surface area (Å²) in [6.45, 7) is 7.02. The van der Waals surface area contributed by atoms with Crippen LogP contribution in [0.1, 0.15) is 23.6 Å². The van der Waals surface area contributed by atoms with Gasteiger partial charge in [-0.15, -0.1) is 0 Å². The van der Waals surface area contributed by atoms with Gasteiger partial charge in [-0.1, -0.05) is 12.1 Å². The van der Waals surface area contributed by atoms with Crippen molar-refractivity contribution >= 4 is 11.9 Å². The van der Waals surface area contributed by atoms with Crippen molar-refractivity contribution in [2.45, 2.75) is 26.3 Å². The molecule has 0 radical (unpaired) electrons. The van der Waals surface area contributed by atoms with E-state index < -0.39 is 11.6 Å². The lowest BCUT2D eigenvalue weighted by Gasteiger charge is -2.25. The topological polar surface area (TPSA) is 77.1 Å². The predicted octanol–water partition coefficient (Wildman–Crippen LogP) is 2.92. The average Bonchev–Trinajstić information content (AvgIpc) is 2.91. The van der Waals surface area contributed by atoms with Gasteiger partial charge in [0.25, 0.3) is 5.91 Å². The Bertz CT molecular complexity index is 953. The van der Waals surface area contributed by atoms with Gasteiger partial charge in [-0.3, -0.25) is 9.69 Å². The van der Waals surface area contributed by atoms with Crippen LogP contribution in [0.3, 0.4) is 0 Å². The lowest BCUT2D eigenvalue weighted by atomic mass is 9.91. The molecule has 2 aliphatic rings. The maximum Gasteiger partial charge on any atom is 0.325 e. The quantitative estimate of drug-likeness (QED) is 0.787. The summed E-state index contributed by atoms with van der Waals surface area (Å²) in [5.41, 5.74) is 1.69. The molecule has 7 nitrogen and oxygen atoms in total. The van der Waals surface area contributed by atoms with E-state index in [2.05, 4.69) is 11.4 Å². The number of hydrogen-bond acceptors (Lipinski definition) is 5. The number of hydrogen-bond donors (Lipinski definition) is 1. The van der Waals surface area contributed by atoms with Crippen LogP contribution in [-0.4, -0.2) is 43.2 Å². The molecule has 7 heteroatoms. The Kier molecular flexibility index (Phi) is 4.82. The van der Waals surface area contributed by atoms with E-state index in [9.17, 15) is 9.59 Å². The highest BCUT2D eigenvalue weighted by Gasteiger charge is 2.49. The molecule has 1 atom stereocenters. The molecule has 0 aliphatic carbocycles. The largest absolute Gasteiger partial charge is 0.492 e. The number of fused-ring (bicyclic) bond motifs is 1. The smallest absolute Gasteiger partial charge is 0.325 e. The second-order valence-corrected chi connectivity index (χ2v) is 7.54. The molecular weight excluding hydrogens is 372 g/mol. The van der Waals surface area contributed by atoms with Crippen molar-refractivity contribution in [1.29, 1.82) is 0 Å². The highest BCUT2D eigenvalue weighted by atomic mass is 16.6. The van der Waals surface area contributed by atoms with E-state index in [-0.39, 0.29) is 19.1 Å². The van der Waals surface area contributed by atoms with Gasteiger partial charge in [0.15, 0.2) is 11.5 Å². The molecule has 1 saturated heterocycles. The average molecular weight is 396 g/mol. The second-order valence-electron chi connectivity index (χ2n) is 7.54. The van der Waals surface area contributed by atoms with Crippen LogP contribution in [-0.2, 0) is 10.3 Å². The number of rotatable bonds is 5. The Balaban J connectivity index is 1.46. The monoisotopic (exact) mass is 396 g/mol. The number of imide groups is 1. The van der Waals surface area contributed by atoms with Crippen molar-refractivity contribution in [3.05, 3.63) is 53.1 Å². The molecule has 1 unspecified atom stereocenters. The normalized spacial score (nSPS) is 20.6. The van der Waals surface area contributed by atoms with Crippen molar-refractivity contribution in [3.63, 3.8) is 0 Å². The number of amides is 3. The van der Waals surface area contributed by atoms with E-state index in [4.69, 9.17) is 14.2 Å². The molecule has 1 fully saturated rings. The van der Waals surface area contributed by atoms with Crippen molar-refractivity contribution in [2.24, 2.45) is 0 Å². The van der Waals surface area contributed by atoms with Gasteiger partial charge >= 0.3 is 6.03 Å². The molecule has 1 N–H and O–H groups in total. The molecule has 2 aromatic rings. The van der Waals surface area contributed by atoms with Crippen molar-refractivity contribution < 1.29 is 23.8 Å². The number of ether oxygens (including phenoxy) is 3. The maximum absolute atomic E-state index is 13.1. The van der Waals surface area contributed by atoms with Crippen LogP contribution in [0.2, 0.25) is 0 Å². The van der Waals surface area contributed by atoms with Gasteiger partial charge in [0.05, 0.1) is 6.54 Å². The zero-order valence-corrected chi connectivity index (χ0v) is 16.8. The SMILES string of the molecule is Cc1cc(C)cc(OCCN2C(=O)NC(C)(c3ccc4c(c3)OCCO4)C2=O)c1. The first-order chi connectivity index (χ1) is 13.9. The van der Waals surface area contributed by atoms with Gasteiger partial charge in [0.1, 0.15) is 31.1 Å². The van der Waals surface area contributed by atoms with Gasteiger partial charge in [-0.25, -0.2) is 4.79 Å². The van der Waals surface area contributed by atoms with Crippen LogP contribution in [0.15, 0.2) is 36.4 Å². The fourth-order valence-corrected chi connectivity index (χ4v) is 3.72. The Hall–Kier alpha value is -3.22. The summed E-state index contributed by atoms with van der Waals surface area (Å²) in [6.07, 6.45) is 0. The number of benzene rings is 2. The van der Waals surface area contributed by atoms with E-state index in [1.165, 1.54) is 4.90 Å². The maximum atomic E-state index is 13.1. The summed E-state index contributed by atoms with van der Waals surface area (Å²) >= 11 is 0. The molecular formula is C22H24N2O5. The van der Waals surface area contributed by atoms with Gasteiger partial charge in [-0.2, -0.15) is 0 Å². The Morgan fingerprint density at radius 2 is 1.72 bits per heavy atom. The first-order valence-corrected chi connectivity index (χ1v) is 9.62. The minimum Gasteiger partial charge on any atom is -0.492 e. The Labute approximate surface area is 169 Å². The molecule has 0 saturated carbocycles. The van der Waals surface area contributed by atoms with E-state index >= 15 is 0 Å². The third kappa shape index (κ3) is 3.60. The first kappa shape index (κ1) is 19.1. The third-order valence-electron chi connectivity index (χ3n) is 5.17. The van der Waals surface area contributed by atoms with Gasteiger partial charge in [0, 0.05) is 0 Å². The van der Waals surface area contributed by atoms with Crippen molar-refractivity contribution in [1.82, 2.24) is 10.2 Å². The molecule has 0 bridgehead atoms. The molecule has 2 heterocycles. The highest BCUT2D eigenvalue weighted by Crippen LogP contribution is 2.36. The van der Waals surface area contributed by atoms with Crippen molar-refractivity contribution in [3.8, 4) is 17.2 Å².